The van der Waals surface area contributed by atoms with E-state index >= 15 is 0 Å². The summed E-state index contributed by atoms with van der Waals surface area (Å²) in [7, 11) is 0. The Morgan fingerprint density at radius 2 is 2.09 bits per heavy atom. The molecule has 1 aromatic carbocycles. The molecule has 1 aliphatic rings. The maximum Gasteiger partial charge on any atom is 0.338 e. The topological polar surface area (TPSA) is 55.4 Å². The van der Waals surface area contributed by atoms with Crippen molar-refractivity contribution in [3.63, 3.8) is 0 Å². The van der Waals surface area contributed by atoms with Gasteiger partial charge in [-0.3, -0.25) is 4.79 Å². The van der Waals surface area contributed by atoms with Gasteiger partial charge in [-0.05, 0) is 59.0 Å². The van der Waals surface area contributed by atoms with E-state index < -0.39 is 5.97 Å². The van der Waals surface area contributed by atoms with Gasteiger partial charge in [0.05, 0.1) is 5.56 Å². The number of halogens is 1. The minimum Gasteiger partial charge on any atom is -0.452 e. The highest BCUT2D eigenvalue weighted by Gasteiger charge is 2.28. The summed E-state index contributed by atoms with van der Waals surface area (Å²) in [5.41, 5.74) is 0.472. The van der Waals surface area contributed by atoms with Crippen molar-refractivity contribution in [1.82, 2.24) is 5.32 Å². The quantitative estimate of drug-likeness (QED) is 0.606. The summed E-state index contributed by atoms with van der Waals surface area (Å²) in [5.74, 6) is 0.403. The molecule has 1 aliphatic carbocycles. The van der Waals surface area contributed by atoms with Crippen LogP contribution < -0.4 is 5.32 Å². The van der Waals surface area contributed by atoms with Crippen molar-refractivity contribution in [2.75, 3.05) is 6.61 Å². The van der Waals surface area contributed by atoms with Gasteiger partial charge in [0.1, 0.15) is 0 Å². The van der Waals surface area contributed by atoms with Crippen LogP contribution in [0.5, 0.6) is 0 Å². The minimum absolute atomic E-state index is 0.188. The van der Waals surface area contributed by atoms with Gasteiger partial charge in [-0.2, -0.15) is 0 Å². The predicted molar refractivity (Wildman–Crippen MR) is 93.6 cm³/mol. The Morgan fingerprint density at radius 3 is 2.82 bits per heavy atom. The average Bonchev–Trinajstić information content (AvgIpc) is 2.49. The molecule has 0 spiro atoms. The molecule has 1 aromatic rings. The SMILES string of the molecule is C[C@@H]1[C@H](C)CCC[C@H]1NC(=O)COC(=O)c1cccc(I)c1. The van der Waals surface area contributed by atoms with Gasteiger partial charge in [-0.25, -0.2) is 4.79 Å². The summed E-state index contributed by atoms with van der Waals surface area (Å²) in [6, 6.07) is 7.31. The number of carbonyl (C=O) groups excluding carboxylic acids is 2. The van der Waals surface area contributed by atoms with Crippen molar-refractivity contribution >= 4 is 34.5 Å². The van der Waals surface area contributed by atoms with Gasteiger partial charge in [-0.1, -0.05) is 32.8 Å². The van der Waals surface area contributed by atoms with Crippen LogP contribution >= 0.6 is 22.6 Å². The van der Waals surface area contributed by atoms with Gasteiger partial charge in [0, 0.05) is 9.61 Å². The largest absolute Gasteiger partial charge is 0.452 e. The van der Waals surface area contributed by atoms with Crippen molar-refractivity contribution in [3.05, 3.63) is 33.4 Å². The van der Waals surface area contributed by atoms with Crippen LogP contribution in [0.1, 0.15) is 43.5 Å². The molecule has 4 nitrogen and oxygen atoms in total. The predicted octanol–water partition coefficient (Wildman–Crippen LogP) is 3.39. The van der Waals surface area contributed by atoms with E-state index in [1.807, 2.05) is 6.07 Å². The maximum atomic E-state index is 12.0. The monoisotopic (exact) mass is 415 g/mol. The van der Waals surface area contributed by atoms with Crippen molar-refractivity contribution in [2.45, 2.75) is 39.2 Å². The maximum absolute atomic E-state index is 12.0. The van der Waals surface area contributed by atoms with Crippen LogP contribution in [0.15, 0.2) is 24.3 Å². The first-order valence-electron chi connectivity index (χ1n) is 7.69. The summed E-state index contributed by atoms with van der Waals surface area (Å²) in [5, 5.41) is 3.00. The van der Waals surface area contributed by atoms with Crippen LogP contribution in [0.4, 0.5) is 0 Å². The molecule has 0 bridgehead atoms. The third-order valence-electron chi connectivity index (χ3n) is 4.45. The highest BCUT2D eigenvalue weighted by Crippen LogP contribution is 2.29. The molecule has 0 heterocycles. The molecular formula is C17H22INO3. The van der Waals surface area contributed by atoms with Gasteiger partial charge in [0.25, 0.3) is 5.91 Å². The Hall–Kier alpha value is -1.11. The smallest absolute Gasteiger partial charge is 0.338 e. The molecule has 0 aromatic heterocycles. The second kappa shape index (κ2) is 7.94. The van der Waals surface area contributed by atoms with Crippen LogP contribution in [0, 0.1) is 15.4 Å². The normalized spacial score (nSPS) is 24.6. The van der Waals surface area contributed by atoms with Crippen molar-refractivity contribution < 1.29 is 14.3 Å². The molecule has 5 heteroatoms. The standard InChI is InChI=1S/C17H22INO3/c1-11-5-3-8-15(12(11)2)19-16(20)10-22-17(21)13-6-4-7-14(18)9-13/h4,6-7,9,11-12,15H,3,5,8,10H2,1-2H3,(H,19,20)/t11-,12-,15-/m1/s1. The fourth-order valence-electron chi connectivity index (χ4n) is 2.86. The molecular weight excluding hydrogens is 393 g/mol. The van der Waals surface area contributed by atoms with Gasteiger partial charge < -0.3 is 10.1 Å². The van der Waals surface area contributed by atoms with Crippen LogP contribution in [-0.2, 0) is 9.53 Å². The van der Waals surface area contributed by atoms with E-state index in [2.05, 4.69) is 41.8 Å². The molecule has 22 heavy (non-hydrogen) atoms. The number of hydrogen-bond donors (Lipinski definition) is 1. The Bertz CT molecular complexity index is 546. The summed E-state index contributed by atoms with van der Waals surface area (Å²) in [4.78, 5) is 23.9. The highest BCUT2D eigenvalue weighted by atomic mass is 127. The van der Waals surface area contributed by atoms with E-state index in [1.165, 1.54) is 6.42 Å². The first-order valence-corrected chi connectivity index (χ1v) is 8.77. The van der Waals surface area contributed by atoms with Crippen LogP contribution in [0.25, 0.3) is 0 Å². The van der Waals surface area contributed by atoms with Gasteiger partial charge >= 0.3 is 5.97 Å². The van der Waals surface area contributed by atoms with Crippen LogP contribution in [0.2, 0.25) is 0 Å². The number of nitrogens with one attached hydrogen (secondary N) is 1. The molecule has 1 fully saturated rings. The lowest BCUT2D eigenvalue weighted by molar-refractivity contribution is -0.125. The van der Waals surface area contributed by atoms with E-state index in [0.717, 1.165) is 16.4 Å². The number of hydrogen-bond acceptors (Lipinski definition) is 3. The molecule has 0 aliphatic heterocycles. The number of esters is 1. The van der Waals surface area contributed by atoms with Gasteiger partial charge in [0.2, 0.25) is 0 Å². The fraction of sp³-hybridized carbons (Fsp3) is 0.529. The van der Waals surface area contributed by atoms with E-state index in [1.54, 1.807) is 18.2 Å². The zero-order valence-corrected chi connectivity index (χ0v) is 15.1. The lowest BCUT2D eigenvalue weighted by Crippen LogP contribution is -2.45. The average molecular weight is 415 g/mol. The lowest BCUT2D eigenvalue weighted by atomic mass is 9.78. The van der Waals surface area contributed by atoms with Crippen molar-refractivity contribution in [3.8, 4) is 0 Å². The molecule has 1 amide bonds. The minimum atomic E-state index is -0.460. The molecule has 0 saturated heterocycles. The van der Waals surface area contributed by atoms with Crippen molar-refractivity contribution in [2.24, 2.45) is 11.8 Å². The van der Waals surface area contributed by atoms with E-state index in [9.17, 15) is 9.59 Å². The molecule has 3 atom stereocenters. The van der Waals surface area contributed by atoms with Gasteiger partial charge in [0.15, 0.2) is 6.61 Å². The second-order valence-corrected chi connectivity index (χ2v) is 7.27. The highest BCUT2D eigenvalue weighted by molar-refractivity contribution is 14.1. The second-order valence-electron chi connectivity index (χ2n) is 6.03. The van der Waals surface area contributed by atoms with E-state index in [4.69, 9.17) is 4.74 Å². The van der Waals surface area contributed by atoms with Gasteiger partial charge in [-0.15, -0.1) is 0 Å². The zero-order chi connectivity index (χ0) is 16.1. The summed E-state index contributed by atoms with van der Waals surface area (Å²) >= 11 is 2.13. The summed E-state index contributed by atoms with van der Waals surface area (Å²) in [6.45, 7) is 4.18. The summed E-state index contributed by atoms with van der Waals surface area (Å²) < 4.78 is 6.05. The molecule has 1 saturated carbocycles. The number of ether oxygens (including phenoxy) is 1. The van der Waals surface area contributed by atoms with Crippen LogP contribution in [0.3, 0.4) is 0 Å². The Morgan fingerprint density at radius 1 is 1.32 bits per heavy atom. The number of amides is 1. The fourth-order valence-corrected chi connectivity index (χ4v) is 3.41. The Labute approximate surface area is 145 Å². The van der Waals surface area contributed by atoms with E-state index in [0.29, 0.717) is 17.4 Å². The Balaban J connectivity index is 1.81. The first-order chi connectivity index (χ1) is 10.5. The molecule has 0 unspecified atom stereocenters. The molecule has 2 rings (SSSR count). The van der Waals surface area contributed by atoms with Crippen molar-refractivity contribution in [1.29, 1.82) is 0 Å². The molecule has 0 radical (unpaired) electrons. The third kappa shape index (κ3) is 4.69. The Kier molecular flexibility index (Phi) is 6.23. The number of rotatable bonds is 4. The third-order valence-corrected chi connectivity index (χ3v) is 5.12. The van der Waals surface area contributed by atoms with Crippen LogP contribution in [-0.4, -0.2) is 24.5 Å². The van der Waals surface area contributed by atoms with E-state index in [-0.39, 0.29) is 18.6 Å². The number of carbonyl (C=O) groups is 2. The summed E-state index contributed by atoms with van der Waals surface area (Å²) in [6.07, 6.45) is 3.36. The molecule has 1 N–H and O–H groups in total. The first kappa shape index (κ1) is 17.2. The zero-order valence-electron chi connectivity index (χ0n) is 13.0. The number of benzene rings is 1. The molecule has 120 valence electrons. The lowest BCUT2D eigenvalue weighted by Gasteiger charge is -2.34.